The van der Waals surface area contributed by atoms with Gasteiger partial charge >= 0.3 is 0 Å². The lowest BCUT2D eigenvalue weighted by molar-refractivity contribution is 0.590. The van der Waals surface area contributed by atoms with Gasteiger partial charge in [0.1, 0.15) is 5.52 Å². The number of fused-ring (bicyclic) bond motifs is 1. The molecule has 1 aliphatic carbocycles. The normalized spacial score (nSPS) is 18.9. The van der Waals surface area contributed by atoms with Crippen molar-refractivity contribution in [3.8, 4) is 0 Å². The molecule has 0 bridgehead atoms. The Morgan fingerprint density at radius 2 is 2.06 bits per heavy atom. The van der Waals surface area contributed by atoms with Crippen LogP contribution in [0.4, 0.5) is 0 Å². The molecule has 2 aromatic rings. The fourth-order valence-electron chi connectivity index (χ4n) is 2.01. The summed E-state index contributed by atoms with van der Waals surface area (Å²) in [5.74, 6) is 1.21. The first-order chi connectivity index (χ1) is 8.27. The Bertz CT molecular complexity index is 576. The quantitative estimate of drug-likeness (QED) is 0.807. The van der Waals surface area contributed by atoms with Gasteiger partial charge in [-0.15, -0.1) is 0 Å². The lowest BCUT2D eigenvalue weighted by Gasteiger charge is -2.21. The number of rotatable bonds is 2. The fourth-order valence-corrected chi connectivity index (χ4v) is 2.01. The summed E-state index contributed by atoms with van der Waals surface area (Å²) < 4.78 is 1.97. The summed E-state index contributed by atoms with van der Waals surface area (Å²) in [4.78, 5) is 11.3. The zero-order chi connectivity index (χ0) is 11.8. The van der Waals surface area contributed by atoms with Crippen LogP contribution in [0.3, 0.4) is 0 Å². The lowest BCUT2D eigenvalue weighted by atomic mass is 9.99. The Labute approximate surface area is 99.4 Å². The van der Waals surface area contributed by atoms with Gasteiger partial charge in [0.25, 0.3) is 0 Å². The van der Waals surface area contributed by atoms with Crippen LogP contribution in [-0.4, -0.2) is 19.5 Å². The predicted molar refractivity (Wildman–Crippen MR) is 62.9 cm³/mol. The fraction of sp³-hybridized carbons (Fsp3) is 0.167. The average molecular weight is 226 g/mol. The van der Waals surface area contributed by atoms with Crippen LogP contribution in [0.2, 0.25) is 0 Å². The lowest BCUT2D eigenvalue weighted by Crippen LogP contribution is -2.19. The minimum Gasteiger partial charge on any atom is -0.340 e. The van der Waals surface area contributed by atoms with Gasteiger partial charge in [-0.25, -0.2) is 9.97 Å². The number of hydrogen-bond acceptors (Lipinski definition) is 3. The molecule has 0 aromatic carbocycles. The minimum atomic E-state index is 0.156. The van der Waals surface area contributed by atoms with Crippen LogP contribution in [0, 0.1) is 37.0 Å². The van der Waals surface area contributed by atoms with Crippen molar-refractivity contribution in [3.63, 3.8) is 0 Å². The third-order valence-electron chi connectivity index (χ3n) is 3.00. The van der Waals surface area contributed by atoms with Crippen molar-refractivity contribution in [3.05, 3.63) is 49.7 Å². The van der Waals surface area contributed by atoms with Crippen LogP contribution in [0.1, 0.15) is 13.0 Å². The van der Waals surface area contributed by atoms with Crippen molar-refractivity contribution in [2.75, 3.05) is 0 Å². The second-order valence-corrected chi connectivity index (χ2v) is 4.00. The molecule has 2 aromatic heterocycles. The molecule has 17 heavy (non-hydrogen) atoms. The molecule has 5 heteroatoms. The number of hydrogen-bond donors (Lipinski definition) is 2. The third kappa shape index (κ3) is 1.66. The van der Waals surface area contributed by atoms with E-state index in [-0.39, 0.29) is 11.5 Å². The van der Waals surface area contributed by atoms with Gasteiger partial charge < -0.3 is 9.55 Å². The van der Waals surface area contributed by atoms with E-state index in [9.17, 15) is 0 Å². The first kappa shape index (κ1) is 10.5. The van der Waals surface area contributed by atoms with E-state index >= 15 is 0 Å². The number of nitrogens with one attached hydrogen (secondary N) is 2. The van der Waals surface area contributed by atoms with E-state index in [0.717, 1.165) is 5.65 Å². The first-order valence-electron chi connectivity index (χ1n) is 5.44. The Hall–Kier alpha value is -1.65. The average Bonchev–Trinajstić information content (AvgIpc) is 3.00. The maximum atomic E-state index is 7.70. The molecule has 85 valence electrons. The van der Waals surface area contributed by atoms with Crippen LogP contribution >= 0.6 is 0 Å². The topological polar surface area (TPSA) is 70.3 Å². The highest BCUT2D eigenvalue weighted by Gasteiger charge is 2.25. The Kier molecular flexibility index (Phi) is 2.46. The van der Waals surface area contributed by atoms with E-state index in [0.29, 0.717) is 5.52 Å². The molecule has 1 aliphatic rings. The van der Waals surface area contributed by atoms with Crippen molar-refractivity contribution in [2.24, 2.45) is 0 Å². The molecule has 1 unspecified atom stereocenters. The first-order valence-corrected chi connectivity index (χ1v) is 5.44. The second-order valence-electron chi connectivity index (χ2n) is 4.00. The molecule has 0 saturated heterocycles. The maximum Gasteiger partial charge on any atom is 0.173 e. The Morgan fingerprint density at radius 3 is 2.82 bits per heavy atom. The standard InChI is InChI=1S/C12H12N5/c1-8(9-4-2-3-5-9)17-7-16-11(13)10-12(17)15-6-14-10/h2-8,13H,1H3,(H,14,15). The Balaban J connectivity index is 2.07. The molecule has 0 aliphatic heterocycles. The highest BCUT2D eigenvalue weighted by molar-refractivity contribution is 5.68. The third-order valence-corrected chi connectivity index (χ3v) is 3.00. The van der Waals surface area contributed by atoms with Crippen LogP contribution in [0.5, 0.6) is 0 Å². The summed E-state index contributed by atoms with van der Waals surface area (Å²) in [6, 6.07) is 0.156. The van der Waals surface area contributed by atoms with Crippen molar-refractivity contribution < 1.29 is 0 Å². The highest BCUT2D eigenvalue weighted by Crippen LogP contribution is 2.33. The molecule has 2 N–H and O–H groups in total. The van der Waals surface area contributed by atoms with Gasteiger partial charge in [-0.3, -0.25) is 5.41 Å². The molecule has 0 spiro atoms. The van der Waals surface area contributed by atoms with Gasteiger partial charge in [0.05, 0.1) is 12.7 Å². The van der Waals surface area contributed by atoms with Crippen LogP contribution in [0.15, 0.2) is 12.7 Å². The van der Waals surface area contributed by atoms with Gasteiger partial charge in [0.15, 0.2) is 11.1 Å². The number of imidazole rings is 1. The monoisotopic (exact) mass is 226 g/mol. The van der Waals surface area contributed by atoms with Gasteiger partial charge in [0.2, 0.25) is 0 Å². The molecular formula is C12H12N5. The number of H-pyrrole nitrogens is 1. The van der Waals surface area contributed by atoms with Crippen molar-refractivity contribution in [1.29, 1.82) is 5.41 Å². The molecule has 1 saturated carbocycles. The summed E-state index contributed by atoms with van der Waals surface area (Å²) in [6.07, 6.45) is 11.4. The number of aromatic nitrogens is 4. The SMILES string of the molecule is CC([C]1[CH][CH][CH][CH]1)n1cnc(=N)c2[nH]cnc21. The van der Waals surface area contributed by atoms with Crippen LogP contribution in [-0.2, 0) is 0 Å². The molecule has 3 rings (SSSR count). The van der Waals surface area contributed by atoms with Crippen molar-refractivity contribution >= 4 is 11.2 Å². The Morgan fingerprint density at radius 1 is 1.29 bits per heavy atom. The van der Waals surface area contributed by atoms with Crippen molar-refractivity contribution in [1.82, 2.24) is 19.5 Å². The molecule has 5 radical (unpaired) electrons. The largest absolute Gasteiger partial charge is 0.340 e. The van der Waals surface area contributed by atoms with E-state index in [1.54, 1.807) is 12.7 Å². The number of nitrogens with zero attached hydrogens (tertiary/aromatic N) is 3. The molecule has 0 amide bonds. The highest BCUT2D eigenvalue weighted by atomic mass is 15.1. The van der Waals surface area contributed by atoms with Crippen molar-refractivity contribution in [2.45, 2.75) is 13.0 Å². The van der Waals surface area contributed by atoms with Crippen LogP contribution in [0.25, 0.3) is 11.2 Å². The van der Waals surface area contributed by atoms with Gasteiger partial charge in [-0.1, -0.05) is 0 Å². The molecule has 5 nitrogen and oxygen atoms in total. The smallest absolute Gasteiger partial charge is 0.173 e. The van der Waals surface area contributed by atoms with E-state index in [2.05, 4.69) is 34.7 Å². The zero-order valence-electron chi connectivity index (χ0n) is 9.38. The zero-order valence-corrected chi connectivity index (χ0v) is 9.38. The summed E-state index contributed by atoms with van der Waals surface area (Å²) in [7, 11) is 0. The summed E-state index contributed by atoms with van der Waals surface area (Å²) >= 11 is 0. The van der Waals surface area contributed by atoms with E-state index in [4.69, 9.17) is 5.41 Å². The maximum absolute atomic E-state index is 7.70. The summed E-state index contributed by atoms with van der Waals surface area (Å²) in [5.41, 5.74) is 1.66. The second kappa shape index (κ2) is 3.98. The van der Waals surface area contributed by atoms with Gasteiger partial charge in [-0.2, -0.15) is 0 Å². The minimum absolute atomic E-state index is 0.156. The number of aromatic amines is 1. The van der Waals surface area contributed by atoms with E-state index in [1.807, 2.05) is 17.4 Å². The predicted octanol–water partition coefficient (Wildman–Crippen LogP) is 1.21. The van der Waals surface area contributed by atoms with E-state index < -0.39 is 0 Å². The summed E-state index contributed by atoms with van der Waals surface area (Å²) in [5, 5.41) is 7.70. The molecular weight excluding hydrogens is 214 g/mol. The van der Waals surface area contributed by atoms with Gasteiger partial charge in [0, 0.05) is 12.0 Å². The molecule has 1 fully saturated rings. The molecule has 2 heterocycles. The molecule has 1 atom stereocenters. The van der Waals surface area contributed by atoms with Crippen LogP contribution < -0.4 is 5.49 Å². The van der Waals surface area contributed by atoms with E-state index in [1.165, 1.54) is 5.92 Å². The summed E-state index contributed by atoms with van der Waals surface area (Å²) in [6.45, 7) is 2.09. The van der Waals surface area contributed by atoms with Gasteiger partial charge in [-0.05, 0) is 32.6 Å².